The van der Waals surface area contributed by atoms with Crippen LogP contribution in [-0.2, 0) is 23.1 Å². The van der Waals surface area contributed by atoms with E-state index in [0.29, 0.717) is 26.2 Å². The summed E-state index contributed by atoms with van der Waals surface area (Å²) in [5, 5.41) is 4.03. The topological polar surface area (TPSA) is 81.2 Å². The molecule has 0 aliphatic heterocycles. The third-order valence-corrected chi connectivity index (χ3v) is 5.03. The number of aromatic nitrogens is 2. The van der Waals surface area contributed by atoms with Crippen molar-refractivity contribution < 1.29 is 8.42 Å². The summed E-state index contributed by atoms with van der Waals surface area (Å²) >= 11 is 0. The summed E-state index contributed by atoms with van der Waals surface area (Å²) < 4.78 is 28.2. The molecule has 114 valence electrons. The summed E-state index contributed by atoms with van der Waals surface area (Å²) in [6, 6.07) is 9.53. The second kappa shape index (κ2) is 6.84. The summed E-state index contributed by atoms with van der Waals surface area (Å²) in [5.74, 6) is 0. The lowest BCUT2D eigenvalue weighted by Gasteiger charge is -2.19. The van der Waals surface area contributed by atoms with Gasteiger partial charge in [0.05, 0.1) is 12.7 Å². The highest BCUT2D eigenvalue weighted by Gasteiger charge is 2.24. The van der Waals surface area contributed by atoms with Crippen molar-refractivity contribution in [2.24, 2.45) is 5.73 Å². The average Bonchev–Trinajstić information content (AvgIpc) is 2.95. The zero-order chi connectivity index (χ0) is 15.3. The second-order valence-corrected chi connectivity index (χ2v) is 6.58. The maximum Gasteiger partial charge on any atom is 0.246 e. The first kappa shape index (κ1) is 15.7. The van der Waals surface area contributed by atoms with Gasteiger partial charge in [0.25, 0.3) is 0 Å². The second-order valence-electron chi connectivity index (χ2n) is 4.64. The van der Waals surface area contributed by atoms with Crippen LogP contribution >= 0.6 is 0 Å². The largest absolute Gasteiger partial charge is 0.329 e. The third-order valence-electron chi connectivity index (χ3n) is 3.16. The fourth-order valence-electron chi connectivity index (χ4n) is 2.04. The van der Waals surface area contributed by atoms with Gasteiger partial charge in [-0.25, -0.2) is 8.42 Å². The van der Waals surface area contributed by atoms with Crippen LogP contribution in [0.3, 0.4) is 0 Å². The molecule has 2 aromatic rings. The summed E-state index contributed by atoms with van der Waals surface area (Å²) in [6.45, 7) is 3.49. The fraction of sp³-hybridized carbons (Fsp3) is 0.357. The lowest BCUT2D eigenvalue weighted by atomic mass is 10.2. The van der Waals surface area contributed by atoms with Crippen LogP contribution in [0, 0.1) is 0 Å². The standard InChI is InChI=1S/C14H20N4O2S/c1-2-18(11-13-6-4-3-5-7-13)21(19,20)14-10-16-17(12-14)9-8-15/h3-7,10,12H,2,8-9,11,15H2,1H3. The molecule has 0 fully saturated rings. The molecule has 2 N–H and O–H groups in total. The minimum Gasteiger partial charge on any atom is -0.329 e. The summed E-state index contributed by atoms with van der Waals surface area (Å²) in [5.41, 5.74) is 6.40. The Morgan fingerprint density at radius 1 is 1.29 bits per heavy atom. The molecule has 0 spiro atoms. The fourth-order valence-corrected chi connectivity index (χ4v) is 3.43. The Morgan fingerprint density at radius 2 is 2.00 bits per heavy atom. The smallest absolute Gasteiger partial charge is 0.246 e. The Labute approximate surface area is 125 Å². The van der Waals surface area contributed by atoms with Crippen molar-refractivity contribution in [2.75, 3.05) is 13.1 Å². The number of rotatable bonds is 7. The predicted octanol–water partition coefficient (Wildman–Crippen LogP) is 1.05. The molecule has 0 bridgehead atoms. The highest BCUT2D eigenvalue weighted by Crippen LogP contribution is 2.17. The van der Waals surface area contributed by atoms with Gasteiger partial charge in [0.15, 0.2) is 0 Å². The van der Waals surface area contributed by atoms with Crippen LogP contribution in [0.5, 0.6) is 0 Å². The van der Waals surface area contributed by atoms with Gasteiger partial charge in [-0.05, 0) is 5.56 Å². The van der Waals surface area contributed by atoms with Gasteiger partial charge in [0, 0.05) is 25.8 Å². The lowest BCUT2D eigenvalue weighted by molar-refractivity contribution is 0.423. The van der Waals surface area contributed by atoms with E-state index in [1.807, 2.05) is 37.3 Å². The van der Waals surface area contributed by atoms with Crippen LogP contribution < -0.4 is 5.73 Å². The first-order valence-corrected chi connectivity index (χ1v) is 8.28. The molecule has 0 unspecified atom stereocenters. The van der Waals surface area contributed by atoms with E-state index < -0.39 is 10.0 Å². The van der Waals surface area contributed by atoms with Crippen LogP contribution in [0.2, 0.25) is 0 Å². The Kier molecular flexibility index (Phi) is 5.11. The summed E-state index contributed by atoms with van der Waals surface area (Å²) in [6.07, 6.45) is 2.90. The minimum absolute atomic E-state index is 0.203. The molecule has 1 heterocycles. The first-order valence-electron chi connectivity index (χ1n) is 6.84. The zero-order valence-electron chi connectivity index (χ0n) is 12.0. The minimum atomic E-state index is -3.54. The molecule has 0 atom stereocenters. The van der Waals surface area contributed by atoms with Crippen molar-refractivity contribution in [3.63, 3.8) is 0 Å². The lowest BCUT2D eigenvalue weighted by Crippen LogP contribution is -2.30. The van der Waals surface area contributed by atoms with Gasteiger partial charge in [-0.15, -0.1) is 0 Å². The van der Waals surface area contributed by atoms with Gasteiger partial charge in [0.1, 0.15) is 4.90 Å². The number of hydrogen-bond donors (Lipinski definition) is 1. The molecule has 0 amide bonds. The monoisotopic (exact) mass is 308 g/mol. The Bertz CT molecular complexity index is 667. The van der Waals surface area contributed by atoms with Gasteiger partial charge < -0.3 is 5.73 Å². The normalized spacial score (nSPS) is 12.0. The highest BCUT2D eigenvalue weighted by molar-refractivity contribution is 7.89. The van der Waals surface area contributed by atoms with Crippen LogP contribution in [0.15, 0.2) is 47.6 Å². The molecule has 0 radical (unpaired) electrons. The van der Waals surface area contributed by atoms with E-state index in [0.717, 1.165) is 5.56 Å². The number of benzene rings is 1. The van der Waals surface area contributed by atoms with Gasteiger partial charge in [-0.3, -0.25) is 4.68 Å². The van der Waals surface area contributed by atoms with Crippen molar-refractivity contribution in [3.05, 3.63) is 48.3 Å². The molecule has 21 heavy (non-hydrogen) atoms. The number of sulfonamides is 1. The van der Waals surface area contributed by atoms with Crippen LogP contribution in [-0.4, -0.2) is 35.6 Å². The average molecular weight is 308 g/mol. The molecular weight excluding hydrogens is 288 g/mol. The molecule has 1 aromatic heterocycles. The molecular formula is C14H20N4O2S. The van der Waals surface area contributed by atoms with Crippen LogP contribution in [0.25, 0.3) is 0 Å². The van der Waals surface area contributed by atoms with E-state index in [9.17, 15) is 8.42 Å². The summed E-state index contributed by atoms with van der Waals surface area (Å²) in [4.78, 5) is 0.203. The third kappa shape index (κ3) is 3.69. The van der Waals surface area contributed by atoms with Gasteiger partial charge in [-0.1, -0.05) is 37.3 Å². The SMILES string of the molecule is CCN(Cc1ccccc1)S(=O)(=O)c1cnn(CCN)c1. The van der Waals surface area contributed by atoms with Crippen molar-refractivity contribution in [1.29, 1.82) is 0 Å². The predicted molar refractivity (Wildman–Crippen MR) is 81.0 cm³/mol. The van der Waals surface area contributed by atoms with Crippen molar-refractivity contribution in [3.8, 4) is 0 Å². The maximum absolute atomic E-state index is 12.6. The number of nitrogens with zero attached hydrogens (tertiary/aromatic N) is 3. The molecule has 0 aliphatic carbocycles. The Morgan fingerprint density at radius 3 is 2.62 bits per heavy atom. The van der Waals surface area contributed by atoms with E-state index in [1.54, 1.807) is 4.68 Å². The van der Waals surface area contributed by atoms with Gasteiger partial charge in [0.2, 0.25) is 10.0 Å². The molecule has 0 aliphatic rings. The number of hydrogen-bond acceptors (Lipinski definition) is 4. The van der Waals surface area contributed by atoms with Crippen molar-refractivity contribution in [1.82, 2.24) is 14.1 Å². The molecule has 0 saturated carbocycles. The molecule has 2 rings (SSSR count). The Hall–Kier alpha value is -1.70. The molecule has 0 saturated heterocycles. The van der Waals surface area contributed by atoms with E-state index in [1.165, 1.54) is 16.7 Å². The van der Waals surface area contributed by atoms with Gasteiger partial charge >= 0.3 is 0 Å². The quantitative estimate of drug-likeness (QED) is 0.829. The summed E-state index contributed by atoms with van der Waals surface area (Å²) in [7, 11) is -3.54. The van der Waals surface area contributed by atoms with E-state index >= 15 is 0 Å². The molecule has 1 aromatic carbocycles. The zero-order valence-corrected chi connectivity index (χ0v) is 12.8. The molecule has 7 heteroatoms. The van der Waals surface area contributed by atoms with Gasteiger partial charge in [-0.2, -0.15) is 9.40 Å². The Balaban J connectivity index is 2.22. The first-order chi connectivity index (χ1) is 10.1. The van der Waals surface area contributed by atoms with E-state index in [2.05, 4.69) is 5.10 Å². The van der Waals surface area contributed by atoms with Crippen LogP contribution in [0.4, 0.5) is 0 Å². The van der Waals surface area contributed by atoms with Crippen LogP contribution in [0.1, 0.15) is 12.5 Å². The van der Waals surface area contributed by atoms with Crippen molar-refractivity contribution in [2.45, 2.75) is 24.9 Å². The maximum atomic E-state index is 12.6. The molecule has 6 nitrogen and oxygen atoms in total. The highest BCUT2D eigenvalue weighted by atomic mass is 32.2. The van der Waals surface area contributed by atoms with Crippen molar-refractivity contribution >= 4 is 10.0 Å². The number of nitrogens with two attached hydrogens (primary N) is 1. The van der Waals surface area contributed by atoms with E-state index in [-0.39, 0.29) is 4.90 Å². The van der Waals surface area contributed by atoms with E-state index in [4.69, 9.17) is 5.73 Å².